The quantitative estimate of drug-likeness (QED) is 0.231. The van der Waals surface area contributed by atoms with E-state index in [4.69, 9.17) is 15.9 Å². The van der Waals surface area contributed by atoms with Gasteiger partial charge in [-0.15, -0.1) is 0 Å². The van der Waals surface area contributed by atoms with Gasteiger partial charge in [0, 0.05) is 6.42 Å². The van der Waals surface area contributed by atoms with Crippen LogP contribution in [-0.2, 0) is 24.0 Å². The van der Waals surface area contributed by atoms with Crippen molar-refractivity contribution in [1.29, 1.82) is 0 Å². The van der Waals surface area contributed by atoms with Crippen LogP contribution in [0.5, 0.6) is 0 Å². The molecule has 11 nitrogen and oxygen atoms in total. The molecule has 0 aromatic heterocycles. The van der Waals surface area contributed by atoms with E-state index >= 15 is 0 Å². The smallest absolute Gasteiger partial charge is 0.326 e. The van der Waals surface area contributed by atoms with Crippen molar-refractivity contribution >= 4 is 29.7 Å². The summed E-state index contributed by atoms with van der Waals surface area (Å²) in [5, 5.41) is 24.6. The van der Waals surface area contributed by atoms with Gasteiger partial charge in [-0.05, 0) is 25.7 Å². The van der Waals surface area contributed by atoms with Crippen molar-refractivity contribution in [2.75, 3.05) is 6.54 Å². The average Bonchev–Trinajstić information content (AvgIpc) is 2.55. The molecule has 3 atom stereocenters. The van der Waals surface area contributed by atoms with Gasteiger partial charge in [-0.2, -0.15) is 0 Å². The lowest BCUT2D eigenvalue weighted by atomic mass is 10.0. The lowest BCUT2D eigenvalue weighted by Crippen LogP contribution is -2.52. The molecule has 0 aromatic carbocycles. The number of aliphatic carboxylic acids is 2. The monoisotopic (exact) mass is 388 g/mol. The molecule has 3 amide bonds. The first kappa shape index (κ1) is 24.3. The number of nitrogens with two attached hydrogens (primary N) is 1. The third-order valence-electron chi connectivity index (χ3n) is 3.52. The highest BCUT2D eigenvalue weighted by atomic mass is 16.4. The van der Waals surface area contributed by atoms with Crippen LogP contribution < -0.4 is 21.7 Å². The van der Waals surface area contributed by atoms with E-state index < -0.39 is 54.3 Å². The summed E-state index contributed by atoms with van der Waals surface area (Å²) in [6.45, 7) is 4.56. The Bertz CT molecular complexity index is 565. The molecule has 0 fully saturated rings. The summed E-state index contributed by atoms with van der Waals surface area (Å²) in [6.07, 6.45) is -0.112. The third-order valence-corrected chi connectivity index (χ3v) is 3.52. The van der Waals surface area contributed by atoms with E-state index in [1.807, 2.05) is 13.8 Å². The Morgan fingerprint density at radius 1 is 0.963 bits per heavy atom. The zero-order valence-corrected chi connectivity index (χ0v) is 15.7. The largest absolute Gasteiger partial charge is 0.481 e. The minimum atomic E-state index is -1.17. The van der Waals surface area contributed by atoms with Crippen molar-refractivity contribution in [1.82, 2.24) is 16.0 Å². The van der Waals surface area contributed by atoms with E-state index in [0.717, 1.165) is 0 Å². The number of carbonyl (C=O) groups excluding carboxylic acids is 3. The molecule has 0 aromatic rings. The van der Waals surface area contributed by atoms with E-state index in [9.17, 15) is 24.0 Å². The molecule has 0 spiro atoms. The topological polar surface area (TPSA) is 188 Å². The van der Waals surface area contributed by atoms with Gasteiger partial charge in [-0.3, -0.25) is 19.2 Å². The fourth-order valence-electron chi connectivity index (χ4n) is 2.06. The maximum absolute atomic E-state index is 12.0. The second kappa shape index (κ2) is 11.8. The standard InChI is InChI=1S/C16H28N4O7/c1-8(2)6-11(16(26)27)20-14(24)9(3)19-12(21)7-18-15(25)10(17)4-5-13(22)23/h8-11H,4-7,17H2,1-3H3,(H,18,25)(H,19,21)(H,20,24)(H,22,23)(H,26,27). The Morgan fingerprint density at radius 2 is 1.56 bits per heavy atom. The van der Waals surface area contributed by atoms with Crippen LogP contribution in [0, 0.1) is 5.92 Å². The van der Waals surface area contributed by atoms with Gasteiger partial charge < -0.3 is 31.9 Å². The number of hydrogen-bond donors (Lipinski definition) is 6. The van der Waals surface area contributed by atoms with Crippen LogP contribution in [0.3, 0.4) is 0 Å². The summed E-state index contributed by atoms with van der Waals surface area (Å²) in [6, 6.07) is -3.14. The summed E-state index contributed by atoms with van der Waals surface area (Å²) in [5.74, 6) is -4.23. The number of carbonyl (C=O) groups is 5. The fraction of sp³-hybridized carbons (Fsp3) is 0.688. The number of amides is 3. The second-order valence-electron chi connectivity index (χ2n) is 6.57. The third kappa shape index (κ3) is 10.8. The normalized spacial score (nSPS) is 14.0. The summed E-state index contributed by atoms with van der Waals surface area (Å²) in [7, 11) is 0. The van der Waals surface area contributed by atoms with Gasteiger partial charge in [0.25, 0.3) is 0 Å². The number of carboxylic acid groups (broad SMARTS) is 2. The first-order valence-electron chi connectivity index (χ1n) is 8.51. The van der Waals surface area contributed by atoms with E-state index in [2.05, 4.69) is 16.0 Å². The van der Waals surface area contributed by atoms with Crippen molar-refractivity contribution in [3.63, 3.8) is 0 Å². The van der Waals surface area contributed by atoms with Crippen LogP contribution in [-0.4, -0.2) is 64.5 Å². The minimum absolute atomic E-state index is 0.0526. The Morgan fingerprint density at radius 3 is 2.04 bits per heavy atom. The van der Waals surface area contributed by atoms with Gasteiger partial charge in [0.15, 0.2) is 0 Å². The molecule has 154 valence electrons. The average molecular weight is 388 g/mol. The van der Waals surface area contributed by atoms with Gasteiger partial charge in [0.05, 0.1) is 12.6 Å². The van der Waals surface area contributed by atoms with Gasteiger partial charge in [-0.25, -0.2) is 4.79 Å². The molecule has 0 aliphatic carbocycles. The molecule has 0 rings (SSSR count). The minimum Gasteiger partial charge on any atom is -0.481 e. The zero-order valence-electron chi connectivity index (χ0n) is 15.7. The van der Waals surface area contributed by atoms with E-state index in [-0.39, 0.29) is 25.2 Å². The molecule has 11 heteroatoms. The molecule has 0 radical (unpaired) electrons. The number of nitrogens with one attached hydrogen (secondary N) is 3. The van der Waals surface area contributed by atoms with Crippen LogP contribution in [0.1, 0.15) is 40.0 Å². The van der Waals surface area contributed by atoms with Gasteiger partial charge in [0.1, 0.15) is 12.1 Å². The molecule has 0 aliphatic rings. The molecule has 0 bridgehead atoms. The number of rotatable bonds is 12. The van der Waals surface area contributed by atoms with Crippen molar-refractivity contribution in [3.05, 3.63) is 0 Å². The predicted octanol–water partition coefficient (Wildman–Crippen LogP) is -1.59. The van der Waals surface area contributed by atoms with Crippen molar-refractivity contribution in [2.24, 2.45) is 11.7 Å². The number of carboxylic acids is 2. The lowest BCUT2D eigenvalue weighted by molar-refractivity contribution is -0.142. The van der Waals surface area contributed by atoms with Crippen LogP contribution in [0.2, 0.25) is 0 Å². The van der Waals surface area contributed by atoms with Gasteiger partial charge in [-0.1, -0.05) is 13.8 Å². The highest BCUT2D eigenvalue weighted by Crippen LogP contribution is 2.05. The molecule has 7 N–H and O–H groups in total. The molecule has 27 heavy (non-hydrogen) atoms. The Labute approximate surface area is 157 Å². The first-order chi connectivity index (χ1) is 12.4. The second-order valence-corrected chi connectivity index (χ2v) is 6.57. The number of hydrogen-bond acceptors (Lipinski definition) is 6. The molecule has 0 heterocycles. The van der Waals surface area contributed by atoms with E-state index in [1.54, 1.807) is 0 Å². The molecule has 0 saturated carbocycles. The van der Waals surface area contributed by atoms with Crippen LogP contribution in [0.25, 0.3) is 0 Å². The van der Waals surface area contributed by atoms with Crippen LogP contribution in [0.4, 0.5) is 0 Å². The van der Waals surface area contributed by atoms with E-state index in [0.29, 0.717) is 0 Å². The Hall–Kier alpha value is -2.69. The highest BCUT2D eigenvalue weighted by molar-refractivity contribution is 5.92. The zero-order chi connectivity index (χ0) is 21.1. The maximum atomic E-state index is 12.0. The SMILES string of the molecule is CC(C)CC(NC(=O)C(C)NC(=O)CNC(=O)C(N)CCC(=O)O)C(=O)O. The predicted molar refractivity (Wildman–Crippen MR) is 94.5 cm³/mol. The van der Waals surface area contributed by atoms with Gasteiger partial charge >= 0.3 is 11.9 Å². The van der Waals surface area contributed by atoms with Crippen molar-refractivity contribution in [3.8, 4) is 0 Å². The van der Waals surface area contributed by atoms with Gasteiger partial charge in [0.2, 0.25) is 17.7 Å². The summed E-state index contributed by atoms with van der Waals surface area (Å²) < 4.78 is 0. The maximum Gasteiger partial charge on any atom is 0.326 e. The first-order valence-corrected chi connectivity index (χ1v) is 8.51. The fourth-order valence-corrected chi connectivity index (χ4v) is 2.06. The van der Waals surface area contributed by atoms with Crippen molar-refractivity contribution < 1.29 is 34.2 Å². The highest BCUT2D eigenvalue weighted by Gasteiger charge is 2.24. The summed E-state index contributed by atoms with van der Waals surface area (Å²) >= 11 is 0. The van der Waals surface area contributed by atoms with Crippen LogP contribution >= 0.6 is 0 Å². The molecule has 0 aliphatic heterocycles. The van der Waals surface area contributed by atoms with Crippen LogP contribution in [0.15, 0.2) is 0 Å². The van der Waals surface area contributed by atoms with Crippen molar-refractivity contribution in [2.45, 2.75) is 58.2 Å². The molecular weight excluding hydrogens is 360 g/mol. The lowest BCUT2D eigenvalue weighted by Gasteiger charge is -2.20. The Balaban J connectivity index is 4.39. The Kier molecular flexibility index (Phi) is 10.7. The molecular formula is C16H28N4O7. The van der Waals surface area contributed by atoms with E-state index in [1.165, 1.54) is 6.92 Å². The molecule has 0 saturated heterocycles. The summed E-state index contributed by atoms with van der Waals surface area (Å²) in [4.78, 5) is 57.0. The summed E-state index contributed by atoms with van der Waals surface area (Å²) in [5.41, 5.74) is 5.50. The molecule has 3 unspecified atom stereocenters.